The molecule has 1 unspecified atom stereocenters. The lowest BCUT2D eigenvalue weighted by Crippen LogP contribution is -2.29. The van der Waals surface area contributed by atoms with E-state index in [1.54, 1.807) is 26.8 Å². The molecule has 0 fully saturated rings. The van der Waals surface area contributed by atoms with Crippen LogP contribution in [0, 0.1) is 20.8 Å². The quantitative estimate of drug-likeness (QED) is 0.839. The van der Waals surface area contributed by atoms with Crippen LogP contribution in [0.1, 0.15) is 52.6 Å². The smallest absolute Gasteiger partial charge is 0.251 e. The predicted molar refractivity (Wildman–Crippen MR) is 86.8 cm³/mol. The molecule has 2 aromatic rings. The van der Waals surface area contributed by atoms with Gasteiger partial charge < -0.3 is 9.84 Å². The molecule has 1 amide bonds. The zero-order valence-electron chi connectivity index (χ0n) is 14.0. The molecule has 2 rings (SSSR count). The van der Waals surface area contributed by atoms with Gasteiger partial charge in [-0.3, -0.25) is 4.79 Å². The van der Waals surface area contributed by atoms with Gasteiger partial charge in [0.2, 0.25) is 15.9 Å². The second-order valence-corrected chi connectivity index (χ2v) is 7.11. The van der Waals surface area contributed by atoms with Crippen LogP contribution in [0.3, 0.4) is 0 Å². The summed E-state index contributed by atoms with van der Waals surface area (Å²) in [6.07, 6.45) is 0.542. The molecule has 0 spiro atoms. The number of aromatic nitrogens is 2. The highest BCUT2D eigenvalue weighted by molar-refractivity contribution is 7.89. The zero-order chi connectivity index (χ0) is 18.1. The normalized spacial score (nSPS) is 12.9. The van der Waals surface area contributed by atoms with Crippen molar-refractivity contribution in [2.45, 2.75) is 45.1 Å². The fourth-order valence-electron chi connectivity index (χ4n) is 2.29. The third-order valence-corrected chi connectivity index (χ3v) is 4.78. The molecule has 0 saturated heterocycles. The van der Waals surface area contributed by atoms with Crippen molar-refractivity contribution in [3.63, 3.8) is 0 Å². The molecule has 0 aliphatic rings. The largest absolute Gasteiger partial charge is 0.340 e. The van der Waals surface area contributed by atoms with Crippen molar-refractivity contribution < 1.29 is 17.7 Å². The number of rotatable bonds is 5. The van der Waals surface area contributed by atoms with Crippen LogP contribution in [0.15, 0.2) is 21.6 Å². The lowest BCUT2D eigenvalue weighted by Gasteiger charge is -2.15. The Labute approximate surface area is 140 Å². The number of carbonyl (C=O) groups excluding carboxylic acids is 1. The van der Waals surface area contributed by atoms with Gasteiger partial charge >= 0.3 is 0 Å². The van der Waals surface area contributed by atoms with Crippen LogP contribution in [-0.2, 0) is 10.0 Å². The average molecular weight is 352 g/mol. The number of benzene rings is 1. The number of primary sulfonamides is 1. The molecular formula is C15H20N4O4S. The Morgan fingerprint density at radius 2 is 2.00 bits per heavy atom. The summed E-state index contributed by atoms with van der Waals surface area (Å²) in [6.45, 7) is 6.91. The first-order valence-corrected chi connectivity index (χ1v) is 8.93. The molecule has 130 valence electrons. The minimum Gasteiger partial charge on any atom is -0.340 e. The van der Waals surface area contributed by atoms with E-state index in [4.69, 9.17) is 9.66 Å². The topological polar surface area (TPSA) is 128 Å². The van der Waals surface area contributed by atoms with Gasteiger partial charge in [-0.1, -0.05) is 12.1 Å². The molecule has 0 saturated carbocycles. The number of amides is 1. The Morgan fingerprint density at radius 3 is 2.50 bits per heavy atom. The lowest BCUT2D eigenvalue weighted by atomic mass is 10.1. The van der Waals surface area contributed by atoms with E-state index in [0.717, 1.165) is 0 Å². The summed E-state index contributed by atoms with van der Waals surface area (Å²) in [5.41, 5.74) is 1.39. The number of sulfonamides is 1. The zero-order valence-corrected chi connectivity index (χ0v) is 14.8. The van der Waals surface area contributed by atoms with Crippen molar-refractivity contribution in [1.29, 1.82) is 0 Å². The highest BCUT2D eigenvalue weighted by Crippen LogP contribution is 2.21. The fourth-order valence-corrected chi connectivity index (χ4v) is 3.17. The van der Waals surface area contributed by atoms with Gasteiger partial charge in [0.25, 0.3) is 5.91 Å². The van der Waals surface area contributed by atoms with Gasteiger partial charge in [0, 0.05) is 5.56 Å². The molecule has 1 aromatic heterocycles. The van der Waals surface area contributed by atoms with E-state index in [1.807, 2.05) is 6.92 Å². The molecule has 0 radical (unpaired) electrons. The second-order valence-electron chi connectivity index (χ2n) is 5.58. The second kappa shape index (κ2) is 6.70. The van der Waals surface area contributed by atoms with Crippen molar-refractivity contribution in [3.05, 3.63) is 40.5 Å². The molecular weight excluding hydrogens is 332 g/mol. The van der Waals surface area contributed by atoms with Crippen molar-refractivity contribution >= 4 is 15.9 Å². The van der Waals surface area contributed by atoms with E-state index < -0.39 is 22.0 Å². The molecule has 9 heteroatoms. The van der Waals surface area contributed by atoms with E-state index in [9.17, 15) is 13.2 Å². The van der Waals surface area contributed by atoms with Crippen LogP contribution >= 0.6 is 0 Å². The number of nitrogens with zero attached hydrogens (tertiary/aromatic N) is 2. The molecule has 24 heavy (non-hydrogen) atoms. The van der Waals surface area contributed by atoms with E-state index in [-0.39, 0.29) is 10.5 Å². The Balaban J connectivity index is 2.34. The third-order valence-electron chi connectivity index (χ3n) is 3.74. The Hall–Kier alpha value is -2.26. The molecule has 3 N–H and O–H groups in total. The van der Waals surface area contributed by atoms with Crippen molar-refractivity contribution in [2.75, 3.05) is 0 Å². The maximum absolute atomic E-state index is 12.5. The minimum absolute atomic E-state index is 0.0608. The molecule has 1 heterocycles. The van der Waals surface area contributed by atoms with E-state index in [0.29, 0.717) is 29.3 Å². The van der Waals surface area contributed by atoms with Crippen molar-refractivity contribution in [1.82, 2.24) is 15.5 Å². The standard InChI is InChI=1S/C15H20N4O4S/c1-5-12(15-17-10(4)19-23-15)18-14(20)11-6-8(2)9(3)13(7-11)24(16,21)22/h6-7,12H,5H2,1-4H3,(H,18,20)(H2,16,21,22). The maximum Gasteiger partial charge on any atom is 0.251 e. The number of hydrogen-bond acceptors (Lipinski definition) is 6. The fraction of sp³-hybridized carbons (Fsp3) is 0.400. The molecule has 8 nitrogen and oxygen atoms in total. The van der Waals surface area contributed by atoms with Gasteiger partial charge in [-0.25, -0.2) is 13.6 Å². The van der Waals surface area contributed by atoms with E-state index >= 15 is 0 Å². The number of nitrogens with two attached hydrogens (primary N) is 1. The summed E-state index contributed by atoms with van der Waals surface area (Å²) >= 11 is 0. The number of aryl methyl sites for hydroxylation is 2. The van der Waals surface area contributed by atoms with Crippen molar-refractivity contribution in [3.8, 4) is 0 Å². The van der Waals surface area contributed by atoms with Crippen LogP contribution in [0.25, 0.3) is 0 Å². The van der Waals surface area contributed by atoms with Crippen LogP contribution in [-0.4, -0.2) is 24.5 Å². The molecule has 1 atom stereocenters. The van der Waals surface area contributed by atoms with Gasteiger partial charge in [-0.15, -0.1) is 0 Å². The first-order chi connectivity index (χ1) is 11.1. The SMILES string of the molecule is CCC(NC(=O)c1cc(C)c(C)c(S(N)(=O)=O)c1)c1nc(C)no1. The highest BCUT2D eigenvalue weighted by atomic mass is 32.2. The van der Waals surface area contributed by atoms with Gasteiger partial charge in [0.15, 0.2) is 5.82 Å². The van der Waals surface area contributed by atoms with Crippen LogP contribution in [0.5, 0.6) is 0 Å². The first kappa shape index (κ1) is 18.1. The van der Waals surface area contributed by atoms with Gasteiger partial charge in [-0.05, 0) is 50.5 Å². The van der Waals surface area contributed by atoms with E-state index in [1.165, 1.54) is 6.07 Å². The summed E-state index contributed by atoms with van der Waals surface area (Å²) < 4.78 is 28.5. The van der Waals surface area contributed by atoms with Crippen LogP contribution < -0.4 is 10.5 Å². The van der Waals surface area contributed by atoms with E-state index in [2.05, 4.69) is 15.5 Å². The van der Waals surface area contributed by atoms with Crippen molar-refractivity contribution in [2.24, 2.45) is 5.14 Å². The minimum atomic E-state index is -3.92. The Bertz CT molecular complexity index is 874. The summed E-state index contributed by atoms with van der Waals surface area (Å²) in [5, 5.41) is 11.7. The lowest BCUT2D eigenvalue weighted by molar-refractivity contribution is 0.0926. The average Bonchev–Trinajstić information content (AvgIpc) is 2.92. The van der Waals surface area contributed by atoms with Crippen LogP contribution in [0.4, 0.5) is 0 Å². The number of hydrogen-bond donors (Lipinski definition) is 2. The Kier molecular flexibility index (Phi) is 5.05. The highest BCUT2D eigenvalue weighted by Gasteiger charge is 2.22. The van der Waals surface area contributed by atoms with Gasteiger partial charge in [0.1, 0.15) is 6.04 Å². The monoisotopic (exact) mass is 352 g/mol. The summed E-state index contributed by atoms with van der Waals surface area (Å²) in [7, 11) is -3.92. The summed E-state index contributed by atoms with van der Waals surface area (Å²) in [4.78, 5) is 16.5. The summed E-state index contributed by atoms with van der Waals surface area (Å²) in [6, 6.07) is 2.43. The Morgan fingerprint density at radius 1 is 1.33 bits per heavy atom. The first-order valence-electron chi connectivity index (χ1n) is 7.38. The van der Waals surface area contributed by atoms with Gasteiger partial charge in [0.05, 0.1) is 4.90 Å². The third kappa shape index (κ3) is 3.80. The predicted octanol–water partition coefficient (Wildman–Crippen LogP) is 1.52. The molecule has 1 aromatic carbocycles. The van der Waals surface area contributed by atoms with Crippen LogP contribution in [0.2, 0.25) is 0 Å². The summed E-state index contributed by atoms with van der Waals surface area (Å²) in [5.74, 6) is 0.338. The number of nitrogens with one attached hydrogen (secondary N) is 1. The van der Waals surface area contributed by atoms with Gasteiger partial charge in [-0.2, -0.15) is 4.98 Å². The molecule has 0 bridgehead atoms. The molecule has 0 aliphatic heterocycles. The number of carbonyl (C=O) groups is 1. The maximum atomic E-state index is 12.5. The molecule has 0 aliphatic carbocycles.